The zero-order valence-electron chi connectivity index (χ0n) is 13.1. The van der Waals surface area contributed by atoms with Crippen molar-refractivity contribution in [3.8, 4) is 5.75 Å². The molecule has 116 valence electrons. The lowest BCUT2D eigenvalue weighted by atomic mass is 9.59. The van der Waals surface area contributed by atoms with Gasteiger partial charge < -0.3 is 10.2 Å². The summed E-state index contributed by atoms with van der Waals surface area (Å²) in [7, 11) is 0. The minimum atomic E-state index is -0.00453. The molecule has 3 nitrogen and oxygen atoms in total. The molecule has 1 aromatic rings. The van der Waals surface area contributed by atoms with Crippen molar-refractivity contribution in [2.45, 2.75) is 39.5 Å². The number of ketones is 1. The van der Waals surface area contributed by atoms with Crippen LogP contribution in [0.3, 0.4) is 0 Å². The Bertz CT molecular complexity index is 670. The van der Waals surface area contributed by atoms with Crippen molar-refractivity contribution in [2.24, 2.45) is 23.7 Å². The van der Waals surface area contributed by atoms with Crippen LogP contribution in [-0.2, 0) is 4.79 Å². The summed E-state index contributed by atoms with van der Waals surface area (Å²) in [6.45, 7) is 3.79. The molecule has 3 fully saturated rings. The standard InChI is InChI=1S/C19H22O3/c1-9-7-13(20)8-10(2)14(9)17-18(21)15-11-3-4-12(6-5-11)16(15)19(17)22/h7-8,11-12,15-16,20-21H,3-6H2,1-2H3/t11?,12?,15?,16-/m1/s1. The van der Waals surface area contributed by atoms with E-state index < -0.39 is 0 Å². The summed E-state index contributed by atoms with van der Waals surface area (Å²) in [5, 5.41) is 20.6. The number of phenolic OH excluding ortho intramolecular Hbond substituents is 1. The Morgan fingerprint density at radius 2 is 1.41 bits per heavy atom. The number of allylic oxidation sites excluding steroid dienone is 2. The summed E-state index contributed by atoms with van der Waals surface area (Å²) in [6.07, 6.45) is 4.55. The minimum Gasteiger partial charge on any atom is -0.511 e. The molecule has 22 heavy (non-hydrogen) atoms. The second kappa shape index (κ2) is 4.61. The number of aliphatic hydroxyl groups is 1. The smallest absolute Gasteiger partial charge is 0.170 e. The lowest BCUT2D eigenvalue weighted by Gasteiger charge is -2.44. The average molecular weight is 298 g/mol. The largest absolute Gasteiger partial charge is 0.511 e. The topological polar surface area (TPSA) is 57.5 Å². The molecule has 1 aromatic carbocycles. The minimum absolute atomic E-state index is 0.00453. The van der Waals surface area contributed by atoms with Crippen LogP contribution in [0, 0.1) is 37.5 Å². The first-order chi connectivity index (χ1) is 10.5. The van der Waals surface area contributed by atoms with Crippen molar-refractivity contribution in [3.05, 3.63) is 34.6 Å². The third-order valence-electron chi connectivity index (χ3n) is 6.11. The molecule has 3 saturated carbocycles. The van der Waals surface area contributed by atoms with Crippen molar-refractivity contribution in [1.82, 2.24) is 0 Å². The number of fused-ring (bicyclic) bond motifs is 2. The van der Waals surface area contributed by atoms with E-state index >= 15 is 0 Å². The zero-order chi connectivity index (χ0) is 15.6. The molecule has 5 rings (SSSR count). The fraction of sp³-hybridized carbons (Fsp3) is 0.526. The van der Waals surface area contributed by atoms with E-state index in [9.17, 15) is 15.0 Å². The summed E-state index contributed by atoms with van der Waals surface area (Å²) >= 11 is 0. The third kappa shape index (κ3) is 1.71. The predicted molar refractivity (Wildman–Crippen MR) is 84.6 cm³/mol. The van der Waals surface area contributed by atoms with Crippen LogP contribution in [0.25, 0.3) is 5.57 Å². The highest BCUT2D eigenvalue weighted by molar-refractivity contribution is 6.25. The molecule has 4 aliphatic rings. The second-order valence-corrected chi connectivity index (χ2v) is 7.31. The first-order valence-corrected chi connectivity index (χ1v) is 8.27. The highest BCUT2D eigenvalue weighted by Gasteiger charge is 2.54. The van der Waals surface area contributed by atoms with Crippen LogP contribution >= 0.6 is 0 Å². The summed E-state index contributed by atoms with van der Waals surface area (Å²) in [4.78, 5) is 13.0. The number of benzene rings is 1. The van der Waals surface area contributed by atoms with Crippen LogP contribution < -0.4 is 0 Å². The molecular weight excluding hydrogens is 276 g/mol. The first kappa shape index (κ1) is 13.9. The maximum atomic E-state index is 13.0. The molecule has 2 atom stereocenters. The van der Waals surface area contributed by atoms with E-state index in [4.69, 9.17) is 0 Å². The van der Waals surface area contributed by atoms with Gasteiger partial charge in [0.2, 0.25) is 0 Å². The normalized spacial score (nSPS) is 33.5. The Hall–Kier alpha value is -1.77. The highest BCUT2D eigenvalue weighted by atomic mass is 16.3. The Morgan fingerprint density at radius 3 is 1.91 bits per heavy atom. The van der Waals surface area contributed by atoms with Crippen LogP contribution in [0.15, 0.2) is 17.9 Å². The van der Waals surface area contributed by atoms with Crippen molar-refractivity contribution in [1.29, 1.82) is 0 Å². The van der Waals surface area contributed by atoms with Gasteiger partial charge in [-0.05, 0) is 80.2 Å². The van der Waals surface area contributed by atoms with Crippen molar-refractivity contribution >= 4 is 11.4 Å². The van der Waals surface area contributed by atoms with Gasteiger partial charge in [-0.2, -0.15) is 0 Å². The molecule has 1 unspecified atom stereocenters. The monoisotopic (exact) mass is 298 g/mol. The molecule has 0 radical (unpaired) electrons. The lowest BCUT2D eigenvalue weighted by Crippen LogP contribution is -2.41. The first-order valence-electron chi connectivity index (χ1n) is 8.27. The number of aromatic hydroxyl groups is 1. The molecule has 0 heterocycles. The van der Waals surface area contributed by atoms with Gasteiger partial charge in [0.1, 0.15) is 11.5 Å². The number of hydrogen-bond donors (Lipinski definition) is 2. The van der Waals surface area contributed by atoms with Gasteiger partial charge in [0.05, 0.1) is 5.57 Å². The number of hydrogen-bond acceptors (Lipinski definition) is 3. The predicted octanol–water partition coefficient (Wildman–Crippen LogP) is 3.91. The van der Waals surface area contributed by atoms with E-state index in [1.807, 2.05) is 13.8 Å². The summed E-state index contributed by atoms with van der Waals surface area (Å²) in [5.74, 6) is 1.61. The molecule has 0 spiro atoms. The fourth-order valence-electron chi connectivity index (χ4n) is 5.27. The molecule has 4 aliphatic carbocycles. The maximum Gasteiger partial charge on any atom is 0.170 e. The molecule has 3 heteroatoms. The zero-order valence-corrected chi connectivity index (χ0v) is 13.1. The lowest BCUT2D eigenvalue weighted by molar-refractivity contribution is -0.123. The van der Waals surface area contributed by atoms with Crippen LogP contribution in [0.2, 0.25) is 0 Å². The Morgan fingerprint density at radius 1 is 0.909 bits per heavy atom. The molecule has 0 aliphatic heterocycles. The van der Waals surface area contributed by atoms with Gasteiger partial charge in [-0.3, -0.25) is 4.79 Å². The van der Waals surface area contributed by atoms with E-state index in [1.54, 1.807) is 12.1 Å². The van der Waals surface area contributed by atoms with Gasteiger partial charge in [-0.25, -0.2) is 0 Å². The Labute approximate surface area is 130 Å². The van der Waals surface area contributed by atoms with Crippen LogP contribution in [0.5, 0.6) is 5.75 Å². The number of aliphatic hydroxyl groups excluding tert-OH is 1. The van der Waals surface area contributed by atoms with Gasteiger partial charge in [-0.1, -0.05) is 0 Å². The quantitative estimate of drug-likeness (QED) is 0.826. The molecule has 0 amide bonds. The Kier molecular flexibility index (Phi) is 2.91. The Balaban J connectivity index is 1.87. The molecule has 2 bridgehead atoms. The molecule has 2 N–H and O–H groups in total. The van der Waals surface area contributed by atoms with Crippen LogP contribution in [0.1, 0.15) is 42.4 Å². The van der Waals surface area contributed by atoms with Crippen LogP contribution in [-0.4, -0.2) is 16.0 Å². The fourth-order valence-corrected chi connectivity index (χ4v) is 5.27. The van der Waals surface area contributed by atoms with Gasteiger partial charge in [-0.15, -0.1) is 0 Å². The maximum absolute atomic E-state index is 13.0. The number of carbonyl (C=O) groups is 1. The average Bonchev–Trinajstić information content (AvgIpc) is 2.75. The summed E-state index contributed by atoms with van der Waals surface area (Å²) in [5.41, 5.74) is 3.08. The van der Waals surface area contributed by atoms with Crippen LogP contribution in [0.4, 0.5) is 0 Å². The SMILES string of the molecule is Cc1cc(O)cc(C)c1C1=C(O)C2C3CCC(CC3)[C@H]2C1=O. The van der Waals surface area contributed by atoms with E-state index in [0.717, 1.165) is 42.4 Å². The summed E-state index contributed by atoms with van der Waals surface area (Å²) < 4.78 is 0. The summed E-state index contributed by atoms with van der Waals surface area (Å²) in [6, 6.07) is 3.35. The van der Waals surface area contributed by atoms with Gasteiger partial charge in [0.15, 0.2) is 5.78 Å². The van der Waals surface area contributed by atoms with E-state index in [-0.39, 0.29) is 23.4 Å². The van der Waals surface area contributed by atoms with Crippen molar-refractivity contribution < 1.29 is 15.0 Å². The molecule has 0 saturated heterocycles. The van der Waals surface area contributed by atoms with Crippen molar-refractivity contribution in [3.63, 3.8) is 0 Å². The number of rotatable bonds is 1. The number of phenols is 1. The highest BCUT2D eigenvalue weighted by Crippen LogP contribution is 2.57. The van der Waals surface area contributed by atoms with E-state index in [2.05, 4.69) is 0 Å². The van der Waals surface area contributed by atoms with Gasteiger partial charge in [0, 0.05) is 11.8 Å². The van der Waals surface area contributed by atoms with Gasteiger partial charge in [0.25, 0.3) is 0 Å². The number of Topliss-reactive ketones (excluding diaryl/α,β-unsaturated/α-hetero) is 1. The van der Waals surface area contributed by atoms with Crippen molar-refractivity contribution in [2.75, 3.05) is 0 Å². The second-order valence-electron chi connectivity index (χ2n) is 7.31. The molecule has 0 aromatic heterocycles. The number of aryl methyl sites for hydroxylation is 2. The van der Waals surface area contributed by atoms with E-state index in [0.29, 0.717) is 23.2 Å². The number of carbonyl (C=O) groups excluding carboxylic acids is 1. The van der Waals surface area contributed by atoms with Gasteiger partial charge >= 0.3 is 0 Å². The van der Waals surface area contributed by atoms with E-state index in [1.165, 1.54) is 0 Å². The third-order valence-corrected chi connectivity index (χ3v) is 6.11. The molecular formula is C19H22O3.